The molecule has 8 aromatic carbocycles. The van der Waals surface area contributed by atoms with Crippen molar-refractivity contribution in [1.29, 1.82) is 0 Å². The van der Waals surface area contributed by atoms with E-state index in [0.29, 0.717) is 5.82 Å². The van der Waals surface area contributed by atoms with E-state index in [1.807, 2.05) is 12.4 Å². The van der Waals surface area contributed by atoms with Gasteiger partial charge in [-0.2, -0.15) is 0 Å². The minimum atomic E-state index is 0.697. The molecule has 0 saturated carbocycles. The van der Waals surface area contributed by atoms with Crippen molar-refractivity contribution >= 4 is 32.3 Å². The van der Waals surface area contributed by atoms with Gasteiger partial charge in [-0.1, -0.05) is 182 Å². The highest BCUT2D eigenvalue weighted by molar-refractivity contribution is 5.98. The molecule has 0 fully saturated rings. The lowest BCUT2D eigenvalue weighted by Gasteiger charge is -2.12. The van der Waals surface area contributed by atoms with Crippen molar-refractivity contribution in [2.75, 3.05) is 0 Å². The van der Waals surface area contributed by atoms with Crippen LogP contribution >= 0.6 is 0 Å². The summed E-state index contributed by atoms with van der Waals surface area (Å²) in [6.45, 7) is 0. The maximum Gasteiger partial charge on any atom is 0.160 e. The molecule has 2 aromatic heterocycles. The van der Waals surface area contributed by atoms with E-state index in [1.165, 1.54) is 38.1 Å². The highest BCUT2D eigenvalue weighted by Gasteiger charge is 2.14. The van der Waals surface area contributed by atoms with Crippen LogP contribution in [0.25, 0.3) is 99.6 Å². The Hall–Kier alpha value is -7.23. The summed E-state index contributed by atoms with van der Waals surface area (Å²) in [5.74, 6) is 0.697. The zero-order chi connectivity index (χ0) is 35.8. The third kappa shape index (κ3) is 5.78. The van der Waals surface area contributed by atoms with E-state index in [-0.39, 0.29) is 0 Å². The van der Waals surface area contributed by atoms with Crippen molar-refractivity contribution < 1.29 is 0 Å². The van der Waals surface area contributed by atoms with Crippen LogP contribution in [0.4, 0.5) is 0 Å². The summed E-state index contributed by atoms with van der Waals surface area (Å²) in [7, 11) is 0. The monoisotopic (exact) mass is 687 g/mol. The van der Waals surface area contributed by atoms with Crippen LogP contribution in [-0.4, -0.2) is 15.0 Å². The average molecular weight is 688 g/mol. The number of pyridine rings is 1. The van der Waals surface area contributed by atoms with E-state index >= 15 is 0 Å². The lowest BCUT2D eigenvalue weighted by molar-refractivity contribution is 1.18. The van der Waals surface area contributed by atoms with Gasteiger partial charge in [-0.15, -0.1) is 0 Å². The number of hydrogen-bond donors (Lipinski definition) is 0. The molecule has 0 saturated heterocycles. The Morgan fingerprint density at radius 1 is 0.278 bits per heavy atom. The maximum absolute atomic E-state index is 5.20. The van der Waals surface area contributed by atoms with Crippen LogP contribution in [0.15, 0.2) is 200 Å². The Bertz CT molecular complexity index is 2950. The predicted molar refractivity (Wildman–Crippen MR) is 225 cm³/mol. The molecule has 0 bridgehead atoms. The molecule has 0 N–H and O–H groups in total. The number of benzene rings is 8. The Labute approximate surface area is 313 Å². The van der Waals surface area contributed by atoms with E-state index in [2.05, 4.69) is 193 Å². The lowest BCUT2D eigenvalue weighted by Crippen LogP contribution is -1.96. The quantitative estimate of drug-likeness (QED) is 0.175. The van der Waals surface area contributed by atoms with Gasteiger partial charge >= 0.3 is 0 Å². The maximum atomic E-state index is 5.20. The molecule has 0 atom stereocenters. The molecule has 0 aliphatic rings. The van der Waals surface area contributed by atoms with Gasteiger partial charge in [0.1, 0.15) is 0 Å². The molecule has 10 rings (SSSR count). The molecular weight excluding hydrogens is 655 g/mol. The molecule has 0 spiro atoms. The second-order valence-electron chi connectivity index (χ2n) is 13.7. The SMILES string of the molecule is c1ccc2c(-c3ccc(-c4nc(-c5ccc(-c6ccc(-c7cncc8ccccc78)cc6)cc5)cc(-c5cccc6ccccc56)n4)cc3)cccc2c1. The molecule has 3 nitrogen and oxygen atoms in total. The van der Waals surface area contributed by atoms with Gasteiger partial charge in [0.15, 0.2) is 5.82 Å². The number of aromatic nitrogens is 3. The van der Waals surface area contributed by atoms with Crippen molar-refractivity contribution in [3.63, 3.8) is 0 Å². The van der Waals surface area contributed by atoms with E-state index < -0.39 is 0 Å². The van der Waals surface area contributed by atoms with Crippen LogP contribution in [0.3, 0.4) is 0 Å². The van der Waals surface area contributed by atoms with Crippen LogP contribution in [-0.2, 0) is 0 Å². The van der Waals surface area contributed by atoms with Crippen molar-refractivity contribution in [1.82, 2.24) is 15.0 Å². The van der Waals surface area contributed by atoms with Crippen LogP contribution in [0.1, 0.15) is 0 Å². The van der Waals surface area contributed by atoms with Crippen molar-refractivity contribution in [3.8, 4) is 67.3 Å². The molecule has 3 heteroatoms. The number of nitrogens with zero attached hydrogens (tertiary/aromatic N) is 3. The summed E-state index contributed by atoms with van der Waals surface area (Å²) in [5.41, 5.74) is 11.8. The van der Waals surface area contributed by atoms with Gasteiger partial charge in [0.05, 0.1) is 11.4 Å². The zero-order valence-corrected chi connectivity index (χ0v) is 29.4. The normalized spacial score (nSPS) is 11.3. The Morgan fingerprint density at radius 3 is 1.37 bits per heavy atom. The Balaban J connectivity index is 1.02. The zero-order valence-electron chi connectivity index (χ0n) is 29.4. The first-order valence-corrected chi connectivity index (χ1v) is 18.2. The summed E-state index contributed by atoms with van der Waals surface area (Å²) < 4.78 is 0. The first-order chi connectivity index (χ1) is 26.7. The molecule has 0 amide bonds. The molecule has 0 aliphatic heterocycles. The number of hydrogen-bond acceptors (Lipinski definition) is 3. The molecule has 252 valence electrons. The lowest BCUT2D eigenvalue weighted by atomic mass is 9.96. The van der Waals surface area contributed by atoms with Crippen molar-refractivity contribution in [3.05, 3.63) is 200 Å². The Kier molecular flexibility index (Phi) is 7.81. The first-order valence-electron chi connectivity index (χ1n) is 18.2. The average Bonchev–Trinajstić information content (AvgIpc) is 3.26. The van der Waals surface area contributed by atoms with Gasteiger partial charge in [-0.25, -0.2) is 9.97 Å². The summed E-state index contributed by atoms with van der Waals surface area (Å²) in [4.78, 5) is 14.9. The third-order valence-corrected chi connectivity index (χ3v) is 10.4. The van der Waals surface area contributed by atoms with Gasteiger partial charge in [0.25, 0.3) is 0 Å². The van der Waals surface area contributed by atoms with Crippen LogP contribution in [0.2, 0.25) is 0 Å². The van der Waals surface area contributed by atoms with Gasteiger partial charge in [0, 0.05) is 40.0 Å². The summed E-state index contributed by atoms with van der Waals surface area (Å²) in [5, 5.41) is 7.17. The Morgan fingerprint density at radius 2 is 0.722 bits per heavy atom. The smallest absolute Gasteiger partial charge is 0.160 e. The number of fused-ring (bicyclic) bond motifs is 3. The number of rotatable bonds is 6. The van der Waals surface area contributed by atoms with Gasteiger partial charge in [-0.3, -0.25) is 4.98 Å². The fourth-order valence-corrected chi connectivity index (χ4v) is 7.61. The summed E-state index contributed by atoms with van der Waals surface area (Å²) in [6.07, 6.45) is 3.87. The standard InChI is InChI=1S/C51H33N3/c1-4-14-43-36(9-1)12-7-17-44(43)38-25-29-41(30-26-38)51-53-49(31-50(54-51)47-18-8-13-37-10-2-5-15-45(37)47)40-27-21-35(22-28-40)34-19-23-39(24-20-34)48-33-52-32-42-11-3-6-16-46(42)48/h1-33H. The topological polar surface area (TPSA) is 38.7 Å². The molecule has 0 unspecified atom stereocenters. The molecule has 2 heterocycles. The van der Waals surface area contributed by atoms with E-state index in [9.17, 15) is 0 Å². The van der Waals surface area contributed by atoms with Gasteiger partial charge in [0.2, 0.25) is 0 Å². The van der Waals surface area contributed by atoms with Crippen LogP contribution < -0.4 is 0 Å². The van der Waals surface area contributed by atoms with Crippen LogP contribution in [0, 0.1) is 0 Å². The fraction of sp³-hybridized carbons (Fsp3) is 0. The summed E-state index contributed by atoms with van der Waals surface area (Å²) >= 11 is 0. The fourth-order valence-electron chi connectivity index (χ4n) is 7.61. The molecule has 54 heavy (non-hydrogen) atoms. The van der Waals surface area contributed by atoms with E-state index in [4.69, 9.17) is 9.97 Å². The van der Waals surface area contributed by atoms with Gasteiger partial charge < -0.3 is 0 Å². The predicted octanol–water partition coefficient (Wildman–Crippen LogP) is 13.3. The minimum Gasteiger partial charge on any atom is -0.263 e. The first kappa shape index (κ1) is 31.5. The van der Waals surface area contributed by atoms with Crippen LogP contribution in [0.5, 0.6) is 0 Å². The van der Waals surface area contributed by atoms with Crippen molar-refractivity contribution in [2.24, 2.45) is 0 Å². The van der Waals surface area contributed by atoms with E-state index in [0.717, 1.165) is 55.7 Å². The second kappa shape index (κ2) is 13.4. The molecule has 0 radical (unpaired) electrons. The summed E-state index contributed by atoms with van der Waals surface area (Å²) in [6, 6.07) is 66.5. The van der Waals surface area contributed by atoms with Gasteiger partial charge in [-0.05, 0) is 60.8 Å². The largest absolute Gasteiger partial charge is 0.263 e. The molecule has 10 aromatic rings. The highest BCUT2D eigenvalue weighted by Crippen LogP contribution is 2.35. The van der Waals surface area contributed by atoms with E-state index in [1.54, 1.807) is 0 Å². The second-order valence-corrected chi connectivity index (χ2v) is 13.7. The highest BCUT2D eigenvalue weighted by atomic mass is 14.9. The molecular formula is C51H33N3. The minimum absolute atomic E-state index is 0.697. The molecule has 0 aliphatic carbocycles. The van der Waals surface area contributed by atoms with Crippen molar-refractivity contribution in [2.45, 2.75) is 0 Å². The third-order valence-electron chi connectivity index (χ3n) is 10.4.